The highest BCUT2D eigenvalue weighted by Gasteiger charge is 2.35. The Morgan fingerprint density at radius 1 is 0.771 bits per heavy atom. The van der Waals surface area contributed by atoms with Gasteiger partial charge in [-0.25, -0.2) is 0 Å². The van der Waals surface area contributed by atoms with Gasteiger partial charge in [-0.1, -0.05) is 6.07 Å². The van der Waals surface area contributed by atoms with Crippen LogP contribution in [0.3, 0.4) is 0 Å². The van der Waals surface area contributed by atoms with Gasteiger partial charge < -0.3 is 25.3 Å². The number of ketones is 2. The van der Waals surface area contributed by atoms with Gasteiger partial charge in [0.1, 0.15) is 5.75 Å². The van der Waals surface area contributed by atoms with Crippen LogP contribution < -0.4 is 15.8 Å². The summed E-state index contributed by atoms with van der Waals surface area (Å²) in [5.41, 5.74) is 4.62. The molecule has 0 saturated carbocycles. The Hall–Kier alpha value is -5.60. The average molecular weight is 679 g/mol. The first-order valence-electron chi connectivity index (χ1n) is 13.7. The van der Waals surface area contributed by atoms with E-state index >= 15 is 0 Å². The number of nitrogens with two attached hydrogens (primary N) is 1. The van der Waals surface area contributed by atoms with Gasteiger partial charge in [0, 0.05) is 35.9 Å². The zero-order valence-electron chi connectivity index (χ0n) is 25.8. The lowest BCUT2D eigenvalue weighted by Gasteiger charge is -2.20. The maximum atomic E-state index is 13.0. The van der Waals surface area contributed by atoms with Crippen LogP contribution >= 0.6 is 0 Å². The third-order valence-electron chi connectivity index (χ3n) is 6.73. The lowest BCUT2D eigenvalue weighted by atomic mass is 9.88. The topological polar surface area (TPSA) is 134 Å². The molecule has 4 rings (SSSR count). The first-order chi connectivity index (χ1) is 22.4. The van der Waals surface area contributed by atoms with Crippen LogP contribution in [0.2, 0.25) is 0 Å². The number of anilines is 2. The van der Waals surface area contributed by atoms with Crippen LogP contribution in [0.25, 0.3) is 0 Å². The molecule has 1 aliphatic carbocycles. The Bertz CT molecular complexity index is 1780. The van der Waals surface area contributed by atoms with Crippen LogP contribution in [0.4, 0.5) is 37.7 Å². The first kappa shape index (κ1) is 36.9. The number of nitrogens with one attached hydrogen (secondary N) is 1. The third-order valence-corrected chi connectivity index (χ3v) is 6.73. The molecule has 0 atom stereocenters. The minimum atomic E-state index is -4.54. The number of carbonyl (C=O) groups excluding carboxylic acids is 4. The Morgan fingerprint density at radius 2 is 1.27 bits per heavy atom. The highest BCUT2D eigenvalue weighted by atomic mass is 19.4. The van der Waals surface area contributed by atoms with Crippen LogP contribution in [0, 0.1) is 0 Å². The molecule has 48 heavy (non-hydrogen) atoms. The number of esters is 1. The van der Waals surface area contributed by atoms with Crippen molar-refractivity contribution in [2.24, 2.45) is 0 Å². The number of carbonyl (C=O) groups is 4. The summed E-state index contributed by atoms with van der Waals surface area (Å²) in [5.74, 6) is -3.11. The molecule has 3 N–H and O–H groups in total. The highest BCUT2D eigenvalue weighted by Crippen LogP contribution is 2.32. The number of amides is 1. The summed E-state index contributed by atoms with van der Waals surface area (Å²) >= 11 is 0. The Morgan fingerprint density at radius 3 is 1.75 bits per heavy atom. The zero-order chi connectivity index (χ0) is 36.0. The molecular formula is C33H28F6N2O7. The van der Waals surface area contributed by atoms with E-state index in [2.05, 4.69) is 5.32 Å². The van der Waals surface area contributed by atoms with Crippen molar-refractivity contribution in [3.63, 3.8) is 0 Å². The van der Waals surface area contributed by atoms with Gasteiger partial charge in [-0.05, 0) is 73.2 Å². The van der Waals surface area contributed by atoms with Gasteiger partial charge in [-0.2, -0.15) is 26.3 Å². The summed E-state index contributed by atoms with van der Waals surface area (Å²) in [6, 6.07) is 12.4. The molecule has 9 nitrogen and oxygen atoms in total. The van der Waals surface area contributed by atoms with Crippen molar-refractivity contribution in [3.8, 4) is 5.75 Å². The summed E-state index contributed by atoms with van der Waals surface area (Å²) in [7, 11) is 2.47. The van der Waals surface area contributed by atoms with Crippen LogP contribution in [0.5, 0.6) is 5.75 Å². The minimum absolute atomic E-state index is 0.0683. The second kappa shape index (κ2) is 14.9. The fraction of sp³-hybridized carbons (Fsp3) is 0.212. The molecule has 254 valence electrons. The standard InChI is InChI=1S/C26H22F3NO7.C7H6F3N/c1-13-18(22(33)24(36-4)23(35-3)21(13)32)11-15-5-10-20(37-14(2)31)19(12-15)25(34)30-17-8-6-16(7-9-17)26(27,28)29;8-7(9,10)5-1-3-6(11)4-2-5/h5-10,12H,11H2,1-4H3,(H,30,34);1-4H,11H2. The molecule has 3 aromatic carbocycles. The number of benzene rings is 3. The van der Waals surface area contributed by atoms with Crippen molar-refractivity contribution in [1.82, 2.24) is 0 Å². The number of methoxy groups -OCH3 is 2. The van der Waals surface area contributed by atoms with Crippen LogP contribution in [-0.2, 0) is 42.6 Å². The number of alkyl halides is 6. The smallest absolute Gasteiger partial charge is 0.416 e. The number of halogens is 6. The molecule has 0 unspecified atom stereocenters. The summed E-state index contributed by atoms with van der Waals surface area (Å²) in [6.45, 7) is 2.60. The van der Waals surface area contributed by atoms with Gasteiger partial charge >= 0.3 is 18.3 Å². The number of nitrogen functional groups attached to an aromatic ring is 1. The third kappa shape index (κ3) is 9.02. The summed E-state index contributed by atoms with van der Waals surface area (Å²) in [6.07, 6.45) is -8.87. The molecule has 3 aromatic rings. The van der Waals surface area contributed by atoms with Crippen molar-refractivity contribution in [1.29, 1.82) is 0 Å². The lowest BCUT2D eigenvalue weighted by Crippen LogP contribution is -2.26. The van der Waals surface area contributed by atoms with E-state index in [1.165, 1.54) is 51.5 Å². The lowest BCUT2D eigenvalue weighted by molar-refractivity contribution is -0.138. The van der Waals surface area contributed by atoms with Gasteiger partial charge in [-0.3, -0.25) is 19.2 Å². The molecule has 1 amide bonds. The summed E-state index contributed by atoms with van der Waals surface area (Å²) in [5, 5.41) is 2.46. The van der Waals surface area contributed by atoms with E-state index in [0.717, 1.165) is 43.3 Å². The average Bonchev–Trinajstić information content (AvgIpc) is 3.01. The number of rotatable bonds is 7. The number of ether oxygens (including phenoxy) is 3. The minimum Gasteiger partial charge on any atom is -0.489 e. The van der Waals surface area contributed by atoms with Crippen LogP contribution in [0.1, 0.15) is 40.9 Å². The van der Waals surface area contributed by atoms with Crippen LogP contribution in [-0.4, -0.2) is 37.7 Å². The van der Waals surface area contributed by atoms with E-state index < -0.39 is 46.9 Å². The van der Waals surface area contributed by atoms with E-state index in [0.29, 0.717) is 11.3 Å². The second-order valence-electron chi connectivity index (χ2n) is 10.1. The van der Waals surface area contributed by atoms with Crippen molar-refractivity contribution in [2.45, 2.75) is 32.6 Å². The number of allylic oxidation sites excluding steroid dienone is 2. The van der Waals surface area contributed by atoms with Crippen molar-refractivity contribution < 1.29 is 59.7 Å². The Labute approximate surface area is 270 Å². The SMILES string of the molecule is COC1=C(OC)C(=O)C(Cc2ccc(OC(C)=O)c(C(=O)Nc3ccc(C(F)(F)F)cc3)c2)=C(C)C1=O.Nc1ccc(C(F)(F)F)cc1. The number of hydrogen-bond donors (Lipinski definition) is 2. The molecule has 0 radical (unpaired) electrons. The molecule has 0 aromatic heterocycles. The molecule has 0 spiro atoms. The van der Waals surface area contributed by atoms with E-state index in [4.69, 9.17) is 19.9 Å². The molecule has 0 heterocycles. The predicted molar refractivity (Wildman–Crippen MR) is 160 cm³/mol. The molecule has 0 saturated heterocycles. The number of hydrogen-bond acceptors (Lipinski definition) is 8. The summed E-state index contributed by atoms with van der Waals surface area (Å²) in [4.78, 5) is 50.2. The Kier molecular flexibility index (Phi) is 11.4. The largest absolute Gasteiger partial charge is 0.489 e. The fourth-order valence-electron chi connectivity index (χ4n) is 4.33. The van der Waals surface area contributed by atoms with Crippen molar-refractivity contribution in [2.75, 3.05) is 25.3 Å². The van der Waals surface area contributed by atoms with Crippen molar-refractivity contribution in [3.05, 3.63) is 112 Å². The second-order valence-corrected chi connectivity index (χ2v) is 10.1. The molecule has 15 heteroatoms. The van der Waals surface area contributed by atoms with Crippen molar-refractivity contribution >= 4 is 34.8 Å². The molecular weight excluding hydrogens is 650 g/mol. The highest BCUT2D eigenvalue weighted by molar-refractivity contribution is 6.23. The predicted octanol–water partition coefficient (Wildman–Crippen LogP) is 6.69. The summed E-state index contributed by atoms with van der Waals surface area (Å²) < 4.78 is 89.3. The van der Waals surface area contributed by atoms with Crippen LogP contribution in [0.15, 0.2) is 89.4 Å². The van der Waals surface area contributed by atoms with Gasteiger partial charge in [0.25, 0.3) is 5.91 Å². The number of Topliss-reactive ketones (excluding diaryl/α,β-unsaturated/α-hetero) is 2. The molecule has 0 fully saturated rings. The van der Waals surface area contributed by atoms with E-state index in [9.17, 15) is 45.5 Å². The van der Waals surface area contributed by atoms with E-state index in [1.807, 2.05) is 0 Å². The van der Waals surface area contributed by atoms with Gasteiger partial charge in [0.05, 0.1) is 30.9 Å². The maximum absolute atomic E-state index is 13.0. The molecule has 0 aliphatic heterocycles. The molecule has 0 bridgehead atoms. The van der Waals surface area contributed by atoms with E-state index in [1.54, 1.807) is 0 Å². The van der Waals surface area contributed by atoms with Gasteiger partial charge in [0.2, 0.25) is 23.1 Å². The normalized spacial score (nSPS) is 13.5. The van der Waals surface area contributed by atoms with E-state index in [-0.39, 0.29) is 46.1 Å². The quantitative estimate of drug-likeness (QED) is 0.0929. The van der Waals surface area contributed by atoms with Gasteiger partial charge in [-0.15, -0.1) is 0 Å². The zero-order valence-corrected chi connectivity index (χ0v) is 25.8. The fourth-order valence-corrected chi connectivity index (χ4v) is 4.33. The molecule has 1 aliphatic rings. The monoisotopic (exact) mass is 678 g/mol. The maximum Gasteiger partial charge on any atom is 0.416 e. The first-order valence-corrected chi connectivity index (χ1v) is 13.7. The Balaban J connectivity index is 0.000000480. The van der Waals surface area contributed by atoms with Gasteiger partial charge in [0.15, 0.2) is 0 Å².